The molecule has 0 aromatic rings. The van der Waals surface area contributed by atoms with Gasteiger partial charge in [0.25, 0.3) is 0 Å². The molecule has 0 radical (unpaired) electrons. The van der Waals surface area contributed by atoms with Crippen molar-refractivity contribution < 1.29 is 0 Å². The molecule has 0 heterocycles. The van der Waals surface area contributed by atoms with Crippen LogP contribution in [0.3, 0.4) is 0 Å². The van der Waals surface area contributed by atoms with Gasteiger partial charge < -0.3 is 11.1 Å². The van der Waals surface area contributed by atoms with E-state index in [4.69, 9.17) is 5.73 Å². The molecule has 0 saturated heterocycles. The summed E-state index contributed by atoms with van der Waals surface area (Å²) in [6, 6.07) is 0. The topological polar surface area (TPSA) is 50.4 Å². The molecule has 5 heteroatoms. The van der Waals surface area contributed by atoms with Crippen molar-refractivity contribution in [3.05, 3.63) is 12.7 Å². The SMILES string of the molecule is C=CCSCCNC(N)=NCC1CCC1.I. The lowest BCUT2D eigenvalue weighted by Crippen LogP contribution is -2.34. The van der Waals surface area contributed by atoms with Gasteiger partial charge in [0, 0.05) is 24.6 Å². The van der Waals surface area contributed by atoms with Gasteiger partial charge in [-0.15, -0.1) is 30.6 Å². The van der Waals surface area contributed by atoms with Gasteiger partial charge in [0.05, 0.1) is 0 Å². The zero-order valence-corrected chi connectivity index (χ0v) is 12.8. The fourth-order valence-corrected chi connectivity index (χ4v) is 1.96. The Bertz CT molecular complexity index is 217. The van der Waals surface area contributed by atoms with Crippen molar-refractivity contribution in [2.24, 2.45) is 16.6 Å². The molecule has 1 fully saturated rings. The second kappa shape index (κ2) is 10.3. The second-order valence-corrected chi connectivity index (χ2v) is 4.96. The van der Waals surface area contributed by atoms with E-state index in [1.165, 1.54) is 19.3 Å². The number of guanidine groups is 1. The van der Waals surface area contributed by atoms with Gasteiger partial charge in [-0.25, -0.2) is 0 Å². The molecule has 16 heavy (non-hydrogen) atoms. The summed E-state index contributed by atoms with van der Waals surface area (Å²) in [4.78, 5) is 4.32. The van der Waals surface area contributed by atoms with Gasteiger partial charge in [-0.05, 0) is 18.8 Å². The third-order valence-corrected chi connectivity index (χ3v) is 3.50. The van der Waals surface area contributed by atoms with E-state index in [1.807, 2.05) is 17.8 Å². The van der Waals surface area contributed by atoms with Crippen LogP contribution in [0.2, 0.25) is 0 Å². The average Bonchev–Trinajstić information content (AvgIpc) is 2.15. The van der Waals surface area contributed by atoms with Crippen LogP contribution in [0.15, 0.2) is 17.6 Å². The van der Waals surface area contributed by atoms with E-state index >= 15 is 0 Å². The van der Waals surface area contributed by atoms with Crippen LogP contribution >= 0.6 is 35.7 Å². The number of halogens is 1. The van der Waals surface area contributed by atoms with Crippen LogP contribution in [0.1, 0.15) is 19.3 Å². The van der Waals surface area contributed by atoms with Crippen LogP contribution in [0.4, 0.5) is 0 Å². The molecule has 1 saturated carbocycles. The van der Waals surface area contributed by atoms with E-state index in [2.05, 4.69) is 16.9 Å². The van der Waals surface area contributed by atoms with Crippen molar-refractivity contribution in [1.29, 1.82) is 0 Å². The van der Waals surface area contributed by atoms with Crippen LogP contribution in [0.5, 0.6) is 0 Å². The Labute approximate surface area is 120 Å². The number of hydrogen-bond acceptors (Lipinski definition) is 2. The molecule has 1 aliphatic carbocycles. The zero-order chi connectivity index (χ0) is 10.9. The summed E-state index contributed by atoms with van der Waals surface area (Å²) in [6.07, 6.45) is 5.93. The van der Waals surface area contributed by atoms with E-state index in [1.54, 1.807) is 0 Å². The van der Waals surface area contributed by atoms with Crippen molar-refractivity contribution in [3.8, 4) is 0 Å². The number of thioether (sulfide) groups is 1. The number of hydrogen-bond donors (Lipinski definition) is 2. The van der Waals surface area contributed by atoms with Gasteiger partial charge in [0.15, 0.2) is 5.96 Å². The number of aliphatic imine (C=N–C) groups is 1. The molecule has 0 aromatic carbocycles. The first-order chi connectivity index (χ1) is 7.33. The first kappa shape index (κ1) is 16.1. The Morgan fingerprint density at radius 3 is 2.88 bits per heavy atom. The van der Waals surface area contributed by atoms with E-state index in [0.717, 1.165) is 30.5 Å². The van der Waals surface area contributed by atoms with Crippen molar-refractivity contribution in [3.63, 3.8) is 0 Å². The molecule has 1 rings (SSSR count). The average molecular weight is 355 g/mol. The minimum atomic E-state index is 0. The van der Waals surface area contributed by atoms with E-state index < -0.39 is 0 Å². The van der Waals surface area contributed by atoms with Crippen LogP contribution in [-0.2, 0) is 0 Å². The lowest BCUT2D eigenvalue weighted by Gasteiger charge is -2.23. The van der Waals surface area contributed by atoms with E-state index in [-0.39, 0.29) is 24.0 Å². The smallest absolute Gasteiger partial charge is 0.188 e. The predicted octanol–water partition coefficient (Wildman–Crippen LogP) is 2.23. The third-order valence-electron chi connectivity index (χ3n) is 2.53. The Hall–Kier alpha value is 0.0900. The fraction of sp³-hybridized carbons (Fsp3) is 0.727. The minimum Gasteiger partial charge on any atom is -0.370 e. The Kier molecular flexibility index (Phi) is 10.3. The number of rotatable bonds is 7. The zero-order valence-electron chi connectivity index (χ0n) is 9.65. The highest BCUT2D eigenvalue weighted by Gasteiger charge is 2.16. The maximum absolute atomic E-state index is 5.72. The Morgan fingerprint density at radius 2 is 2.31 bits per heavy atom. The molecule has 0 atom stereocenters. The molecule has 0 aromatic heterocycles. The Balaban J connectivity index is 0.00000225. The molecule has 0 unspecified atom stereocenters. The van der Waals surface area contributed by atoms with Gasteiger partial charge in [0.2, 0.25) is 0 Å². The highest BCUT2D eigenvalue weighted by atomic mass is 127. The fourth-order valence-electron chi connectivity index (χ4n) is 1.38. The summed E-state index contributed by atoms with van der Waals surface area (Å²) in [5.74, 6) is 3.44. The number of nitrogens with one attached hydrogen (secondary N) is 1. The summed E-state index contributed by atoms with van der Waals surface area (Å²) >= 11 is 1.84. The van der Waals surface area contributed by atoms with Gasteiger partial charge in [-0.3, -0.25) is 4.99 Å². The maximum atomic E-state index is 5.72. The maximum Gasteiger partial charge on any atom is 0.188 e. The van der Waals surface area contributed by atoms with Crippen molar-refractivity contribution in [2.75, 3.05) is 24.6 Å². The number of nitrogens with two attached hydrogens (primary N) is 1. The summed E-state index contributed by atoms with van der Waals surface area (Å²) < 4.78 is 0. The summed E-state index contributed by atoms with van der Waals surface area (Å²) in [7, 11) is 0. The van der Waals surface area contributed by atoms with Crippen LogP contribution in [-0.4, -0.2) is 30.6 Å². The number of nitrogens with zero attached hydrogens (tertiary/aromatic N) is 1. The first-order valence-corrected chi connectivity index (χ1v) is 6.71. The summed E-state index contributed by atoms with van der Waals surface area (Å²) in [5.41, 5.74) is 5.72. The predicted molar refractivity (Wildman–Crippen MR) is 84.8 cm³/mol. The van der Waals surface area contributed by atoms with Gasteiger partial charge in [-0.2, -0.15) is 11.8 Å². The molecule has 1 aliphatic rings. The lowest BCUT2D eigenvalue weighted by atomic mass is 9.86. The normalized spacial score (nSPS) is 16.1. The molecule has 0 aliphatic heterocycles. The highest BCUT2D eigenvalue weighted by Crippen LogP contribution is 2.26. The van der Waals surface area contributed by atoms with Gasteiger partial charge >= 0.3 is 0 Å². The van der Waals surface area contributed by atoms with Crippen LogP contribution in [0, 0.1) is 5.92 Å². The third kappa shape index (κ3) is 7.38. The van der Waals surface area contributed by atoms with E-state index in [9.17, 15) is 0 Å². The van der Waals surface area contributed by atoms with Gasteiger partial charge in [-0.1, -0.05) is 12.5 Å². The minimum absolute atomic E-state index is 0. The van der Waals surface area contributed by atoms with Gasteiger partial charge in [0.1, 0.15) is 0 Å². The Morgan fingerprint density at radius 1 is 1.56 bits per heavy atom. The van der Waals surface area contributed by atoms with Crippen molar-refractivity contribution in [1.82, 2.24) is 5.32 Å². The lowest BCUT2D eigenvalue weighted by molar-refractivity contribution is 0.326. The molecule has 94 valence electrons. The van der Waals surface area contributed by atoms with E-state index in [0.29, 0.717) is 5.96 Å². The highest BCUT2D eigenvalue weighted by molar-refractivity contribution is 14.0. The molecule has 0 bridgehead atoms. The van der Waals surface area contributed by atoms with Crippen molar-refractivity contribution >= 4 is 41.7 Å². The molecule has 3 nitrogen and oxygen atoms in total. The molecule has 0 spiro atoms. The molecular weight excluding hydrogens is 333 g/mol. The van der Waals surface area contributed by atoms with Crippen molar-refractivity contribution in [2.45, 2.75) is 19.3 Å². The molecule has 0 amide bonds. The summed E-state index contributed by atoms with van der Waals surface area (Å²) in [5, 5.41) is 3.12. The standard InChI is InChI=1S/C11H21N3S.HI/c1-2-7-15-8-6-13-11(12)14-9-10-4-3-5-10;/h2,10H,1,3-9H2,(H3,12,13,14);1H. The second-order valence-electron chi connectivity index (χ2n) is 3.81. The summed E-state index contributed by atoms with van der Waals surface area (Å²) in [6.45, 7) is 5.46. The quantitative estimate of drug-likeness (QED) is 0.242. The first-order valence-electron chi connectivity index (χ1n) is 5.55. The monoisotopic (exact) mass is 355 g/mol. The largest absolute Gasteiger partial charge is 0.370 e. The molecular formula is C11H22IN3S. The van der Waals surface area contributed by atoms with Crippen LogP contribution < -0.4 is 11.1 Å². The molecule has 3 N–H and O–H groups in total. The van der Waals surface area contributed by atoms with Crippen LogP contribution in [0.25, 0.3) is 0 Å².